The van der Waals surface area contributed by atoms with E-state index in [1.807, 2.05) is 0 Å². The van der Waals surface area contributed by atoms with Crippen LogP contribution in [-0.2, 0) is 15.6 Å². The van der Waals surface area contributed by atoms with Crippen molar-refractivity contribution < 1.29 is 4.74 Å². The minimum atomic E-state index is -0.694. The monoisotopic (exact) mass is 318 g/mol. The molecule has 0 aliphatic carbocycles. The van der Waals surface area contributed by atoms with E-state index < -0.39 is 19.8 Å². The van der Waals surface area contributed by atoms with E-state index in [1.54, 1.807) is 11.1 Å². The Labute approximate surface area is 99.6 Å². The van der Waals surface area contributed by atoms with Crippen LogP contribution in [0.1, 0.15) is 18.1 Å². The Morgan fingerprint density at radius 1 is 1.13 bits per heavy atom. The normalized spacial score (nSPS) is 19.1. The molecule has 1 saturated heterocycles. The van der Waals surface area contributed by atoms with Gasteiger partial charge in [0.2, 0.25) is 0 Å². The molecule has 1 aliphatic rings. The van der Waals surface area contributed by atoms with E-state index in [1.165, 1.54) is 19.7 Å². The SMILES string of the molecule is CCc1ccccc1CI1CCOCC1. The van der Waals surface area contributed by atoms with Crippen LogP contribution in [-0.4, -0.2) is 22.1 Å². The number of halogens is 1. The molecule has 84 valence electrons. The first-order valence-electron chi connectivity index (χ1n) is 5.62. The topological polar surface area (TPSA) is 9.23 Å². The van der Waals surface area contributed by atoms with Gasteiger partial charge in [-0.1, -0.05) is 0 Å². The quantitative estimate of drug-likeness (QED) is 0.614. The molecule has 2 rings (SSSR count). The van der Waals surface area contributed by atoms with Crippen molar-refractivity contribution in [3.63, 3.8) is 0 Å². The predicted molar refractivity (Wildman–Crippen MR) is 74.1 cm³/mol. The van der Waals surface area contributed by atoms with Gasteiger partial charge in [-0.15, -0.1) is 0 Å². The van der Waals surface area contributed by atoms with E-state index in [4.69, 9.17) is 4.74 Å². The van der Waals surface area contributed by atoms with Gasteiger partial charge >= 0.3 is 99.8 Å². The van der Waals surface area contributed by atoms with Gasteiger partial charge in [0, 0.05) is 0 Å². The van der Waals surface area contributed by atoms with Gasteiger partial charge in [0.15, 0.2) is 0 Å². The molecular formula is C13H19IO. The van der Waals surface area contributed by atoms with Crippen LogP contribution in [0.25, 0.3) is 0 Å². The molecule has 1 aliphatic heterocycles. The number of benzene rings is 1. The second-order valence-electron chi connectivity index (χ2n) is 3.81. The van der Waals surface area contributed by atoms with Crippen molar-refractivity contribution in [1.29, 1.82) is 0 Å². The molecule has 0 atom stereocenters. The maximum absolute atomic E-state index is 5.43. The van der Waals surface area contributed by atoms with Gasteiger partial charge in [0.05, 0.1) is 0 Å². The Bertz CT molecular complexity index is 305. The summed E-state index contributed by atoms with van der Waals surface area (Å²) in [5, 5.41) is 0. The summed E-state index contributed by atoms with van der Waals surface area (Å²) in [7, 11) is 0. The van der Waals surface area contributed by atoms with Crippen molar-refractivity contribution in [1.82, 2.24) is 0 Å². The van der Waals surface area contributed by atoms with Crippen molar-refractivity contribution in [3.05, 3.63) is 35.4 Å². The minimum absolute atomic E-state index is 0.694. The van der Waals surface area contributed by atoms with Gasteiger partial charge in [-0.05, 0) is 0 Å². The molecule has 0 saturated carbocycles. The Morgan fingerprint density at radius 2 is 1.80 bits per heavy atom. The molecule has 1 aromatic rings. The van der Waals surface area contributed by atoms with Gasteiger partial charge < -0.3 is 0 Å². The van der Waals surface area contributed by atoms with Crippen LogP contribution >= 0.6 is 19.8 Å². The first-order chi connectivity index (χ1) is 7.40. The molecule has 0 unspecified atom stereocenters. The summed E-state index contributed by atoms with van der Waals surface area (Å²) in [4.78, 5) is 0. The average molecular weight is 318 g/mol. The molecule has 0 amide bonds. The third-order valence-corrected chi connectivity index (χ3v) is 8.64. The van der Waals surface area contributed by atoms with Crippen molar-refractivity contribution in [2.75, 3.05) is 22.1 Å². The average Bonchev–Trinajstić information content (AvgIpc) is 2.31. The molecular weight excluding hydrogens is 299 g/mol. The maximum atomic E-state index is 5.43. The fourth-order valence-corrected chi connectivity index (χ4v) is 6.97. The summed E-state index contributed by atoms with van der Waals surface area (Å²) in [6.45, 7) is 4.31. The van der Waals surface area contributed by atoms with E-state index in [0.29, 0.717) is 0 Å². The number of alkyl halides is 3. The summed E-state index contributed by atoms with van der Waals surface area (Å²) in [5.41, 5.74) is 3.17. The summed E-state index contributed by atoms with van der Waals surface area (Å²) in [6, 6.07) is 8.96. The number of rotatable bonds is 3. The molecule has 1 fully saturated rings. The Morgan fingerprint density at radius 3 is 2.47 bits per heavy atom. The second kappa shape index (κ2) is 5.85. The summed E-state index contributed by atoms with van der Waals surface area (Å²) in [5.74, 6) is 0. The third kappa shape index (κ3) is 3.18. The molecule has 1 nitrogen and oxygen atoms in total. The zero-order valence-corrected chi connectivity index (χ0v) is 11.5. The predicted octanol–water partition coefficient (Wildman–Crippen LogP) is 3.29. The molecule has 1 heterocycles. The van der Waals surface area contributed by atoms with Crippen molar-refractivity contribution in [2.24, 2.45) is 0 Å². The fraction of sp³-hybridized carbons (Fsp3) is 0.538. The molecule has 0 aromatic heterocycles. The van der Waals surface area contributed by atoms with Crippen molar-refractivity contribution in [3.8, 4) is 0 Å². The van der Waals surface area contributed by atoms with E-state index in [-0.39, 0.29) is 0 Å². The first kappa shape index (κ1) is 11.4. The van der Waals surface area contributed by atoms with Gasteiger partial charge in [-0.3, -0.25) is 0 Å². The molecule has 2 heteroatoms. The summed E-state index contributed by atoms with van der Waals surface area (Å²) < 4.78 is 9.61. The molecule has 15 heavy (non-hydrogen) atoms. The zero-order chi connectivity index (χ0) is 10.5. The van der Waals surface area contributed by atoms with Crippen LogP contribution < -0.4 is 0 Å². The van der Waals surface area contributed by atoms with Crippen LogP contribution in [0.5, 0.6) is 0 Å². The Hall–Kier alpha value is -0.0900. The zero-order valence-electron chi connectivity index (χ0n) is 9.34. The first-order valence-corrected chi connectivity index (χ1v) is 10.2. The van der Waals surface area contributed by atoms with E-state index in [2.05, 4.69) is 31.2 Å². The van der Waals surface area contributed by atoms with Gasteiger partial charge in [-0.2, -0.15) is 0 Å². The number of hydrogen-bond acceptors (Lipinski definition) is 1. The van der Waals surface area contributed by atoms with Crippen LogP contribution in [0.4, 0.5) is 0 Å². The van der Waals surface area contributed by atoms with Crippen molar-refractivity contribution >= 4 is 19.8 Å². The third-order valence-electron chi connectivity index (χ3n) is 2.81. The van der Waals surface area contributed by atoms with E-state index in [9.17, 15) is 0 Å². The van der Waals surface area contributed by atoms with Crippen LogP contribution in [0, 0.1) is 0 Å². The molecule has 0 bridgehead atoms. The Balaban J connectivity index is 2.02. The van der Waals surface area contributed by atoms with E-state index in [0.717, 1.165) is 13.2 Å². The van der Waals surface area contributed by atoms with Crippen LogP contribution in [0.3, 0.4) is 0 Å². The molecule has 1 aromatic carbocycles. The van der Waals surface area contributed by atoms with Gasteiger partial charge in [0.25, 0.3) is 0 Å². The van der Waals surface area contributed by atoms with Gasteiger partial charge in [-0.25, -0.2) is 0 Å². The molecule has 0 N–H and O–H groups in total. The standard InChI is InChI=1S/C13H19IO/c1-2-12-5-3-4-6-13(12)11-14-7-9-15-10-8-14/h3-6H,2,7-11H2,1H3. The molecule has 0 spiro atoms. The van der Waals surface area contributed by atoms with Crippen LogP contribution in [0.15, 0.2) is 24.3 Å². The number of ether oxygens (including phenoxy) is 1. The van der Waals surface area contributed by atoms with Crippen molar-refractivity contribution in [2.45, 2.75) is 17.8 Å². The molecule has 0 radical (unpaired) electrons. The summed E-state index contributed by atoms with van der Waals surface area (Å²) in [6.07, 6.45) is 1.18. The van der Waals surface area contributed by atoms with Crippen LogP contribution in [0.2, 0.25) is 0 Å². The second-order valence-corrected chi connectivity index (χ2v) is 9.97. The van der Waals surface area contributed by atoms with Gasteiger partial charge in [0.1, 0.15) is 0 Å². The summed E-state index contributed by atoms with van der Waals surface area (Å²) >= 11 is -0.694. The van der Waals surface area contributed by atoms with E-state index >= 15 is 0 Å². The number of hydrogen-bond donors (Lipinski definition) is 0. The fourth-order valence-electron chi connectivity index (χ4n) is 1.89. The Kier molecular flexibility index (Phi) is 4.44. The number of aryl methyl sites for hydroxylation is 1.